The monoisotopic (exact) mass is 204 g/mol. The molecule has 0 heterocycles. The fourth-order valence-corrected chi connectivity index (χ4v) is 4.79. The predicted molar refractivity (Wildman–Crippen MR) is 60.4 cm³/mol. The average molecular weight is 204 g/mol. The molecule has 2 saturated carbocycles. The van der Waals surface area contributed by atoms with Gasteiger partial charge in [-0.1, -0.05) is 25.5 Å². The Bertz CT molecular complexity index is 364. The van der Waals surface area contributed by atoms with E-state index in [2.05, 4.69) is 26.8 Å². The van der Waals surface area contributed by atoms with Gasteiger partial charge in [-0.05, 0) is 42.9 Å². The van der Waals surface area contributed by atoms with Crippen LogP contribution in [0.3, 0.4) is 0 Å². The standard InChI is InChI=1S/C14H20O/c1-9-6-10-7-13(2,3)8-14(10)5-4-11(15)12(9)14/h6,10,12H,4-5,7-8H2,1-3H3/t10-,12?,14+/m0/s1. The molecule has 3 atom stereocenters. The smallest absolute Gasteiger partial charge is 0.140 e. The molecule has 82 valence electrons. The summed E-state index contributed by atoms with van der Waals surface area (Å²) < 4.78 is 0. The normalized spacial score (nSPS) is 46.6. The topological polar surface area (TPSA) is 17.1 Å². The Hall–Kier alpha value is -0.590. The van der Waals surface area contributed by atoms with Crippen LogP contribution in [0.15, 0.2) is 11.6 Å². The van der Waals surface area contributed by atoms with E-state index in [0.29, 0.717) is 28.4 Å². The van der Waals surface area contributed by atoms with Gasteiger partial charge in [0, 0.05) is 12.3 Å². The van der Waals surface area contributed by atoms with Crippen molar-refractivity contribution in [2.24, 2.45) is 22.7 Å². The summed E-state index contributed by atoms with van der Waals surface area (Å²) in [6.45, 7) is 6.90. The number of carbonyl (C=O) groups is 1. The maximum absolute atomic E-state index is 12.0. The van der Waals surface area contributed by atoms with Gasteiger partial charge in [-0.2, -0.15) is 0 Å². The summed E-state index contributed by atoms with van der Waals surface area (Å²) in [5, 5.41) is 0. The largest absolute Gasteiger partial charge is 0.299 e. The van der Waals surface area contributed by atoms with Crippen molar-refractivity contribution in [2.75, 3.05) is 0 Å². The van der Waals surface area contributed by atoms with E-state index in [0.717, 1.165) is 12.8 Å². The zero-order chi connectivity index (χ0) is 10.8. The molecule has 0 amide bonds. The van der Waals surface area contributed by atoms with Crippen molar-refractivity contribution in [2.45, 2.75) is 46.5 Å². The van der Waals surface area contributed by atoms with Crippen molar-refractivity contribution in [3.8, 4) is 0 Å². The van der Waals surface area contributed by atoms with Gasteiger partial charge in [0.25, 0.3) is 0 Å². The van der Waals surface area contributed by atoms with E-state index in [1.165, 1.54) is 18.4 Å². The first-order chi connectivity index (χ1) is 6.95. The first-order valence-corrected chi connectivity index (χ1v) is 6.16. The molecule has 2 fully saturated rings. The van der Waals surface area contributed by atoms with Gasteiger partial charge in [0.1, 0.15) is 5.78 Å². The maximum Gasteiger partial charge on any atom is 0.140 e. The van der Waals surface area contributed by atoms with E-state index in [1.54, 1.807) is 0 Å². The van der Waals surface area contributed by atoms with E-state index < -0.39 is 0 Å². The lowest BCUT2D eigenvalue weighted by molar-refractivity contribution is -0.121. The molecule has 15 heavy (non-hydrogen) atoms. The van der Waals surface area contributed by atoms with Crippen LogP contribution in [0.1, 0.15) is 46.5 Å². The second-order valence-corrected chi connectivity index (χ2v) is 6.69. The van der Waals surface area contributed by atoms with Crippen molar-refractivity contribution in [1.82, 2.24) is 0 Å². The van der Waals surface area contributed by atoms with Crippen LogP contribution in [0.25, 0.3) is 0 Å². The zero-order valence-corrected chi connectivity index (χ0v) is 9.97. The van der Waals surface area contributed by atoms with Crippen LogP contribution in [0.5, 0.6) is 0 Å². The fraction of sp³-hybridized carbons (Fsp3) is 0.786. The molecular formula is C14H20O. The lowest BCUT2D eigenvalue weighted by Gasteiger charge is -2.31. The summed E-state index contributed by atoms with van der Waals surface area (Å²) in [4.78, 5) is 12.0. The molecule has 3 aliphatic carbocycles. The Labute approximate surface area is 91.9 Å². The second-order valence-electron chi connectivity index (χ2n) is 6.69. The Balaban J connectivity index is 2.06. The number of Topliss-reactive ketones (excluding diaryl/α,β-unsaturated/α-hetero) is 1. The molecule has 0 saturated heterocycles. The summed E-state index contributed by atoms with van der Waals surface area (Å²) in [6, 6.07) is 0. The summed E-state index contributed by atoms with van der Waals surface area (Å²) in [5.74, 6) is 1.51. The molecule has 1 heteroatoms. The van der Waals surface area contributed by atoms with Crippen LogP contribution in [0.2, 0.25) is 0 Å². The van der Waals surface area contributed by atoms with Gasteiger partial charge in [-0.25, -0.2) is 0 Å². The van der Waals surface area contributed by atoms with Gasteiger partial charge in [0.15, 0.2) is 0 Å². The molecule has 0 aromatic carbocycles. The molecule has 1 spiro atoms. The Morgan fingerprint density at radius 2 is 2.13 bits per heavy atom. The third-order valence-electron chi connectivity index (χ3n) is 4.97. The predicted octanol–water partition coefficient (Wildman–Crippen LogP) is 3.35. The molecule has 0 aliphatic heterocycles. The minimum Gasteiger partial charge on any atom is -0.299 e. The third kappa shape index (κ3) is 1.07. The number of rotatable bonds is 0. The van der Waals surface area contributed by atoms with Crippen LogP contribution in [0, 0.1) is 22.7 Å². The van der Waals surface area contributed by atoms with Gasteiger partial charge in [0.2, 0.25) is 0 Å². The van der Waals surface area contributed by atoms with E-state index in [4.69, 9.17) is 0 Å². The highest BCUT2D eigenvalue weighted by atomic mass is 16.1. The van der Waals surface area contributed by atoms with Gasteiger partial charge in [-0.15, -0.1) is 0 Å². The van der Waals surface area contributed by atoms with Crippen molar-refractivity contribution < 1.29 is 4.79 Å². The highest BCUT2D eigenvalue weighted by molar-refractivity contribution is 5.88. The SMILES string of the molecule is CC1=C[C@H]2CC(C)(C)C[C@]23CCC(=O)C13. The summed E-state index contributed by atoms with van der Waals surface area (Å²) in [5.41, 5.74) is 2.17. The molecule has 0 aromatic heterocycles. The van der Waals surface area contributed by atoms with Crippen LogP contribution >= 0.6 is 0 Å². The Kier molecular flexibility index (Phi) is 1.64. The quantitative estimate of drug-likeness (QED) is 0.553. The van der Waals surface area contributed by atoms with Crippen LogP contribution < -0.4 is 0 Å². The molecule has 0 radical (unpaired) electrons. The molecule has 3 aliphatic rings. The summed E-state index contributed by atoms with van der Waals surface area (Å²) in [7, 11) is 0. The molecule has 0 N–H and O–H groups in total. The maximum atomic E-state index is 12.0. The molecule has 3 rings (SSSR count). The third-order valence-corrected chi connectivity index (χ3v) is 4.97. The first-order valence-electron chi connectivity index (χ1n) is 6.16. The lowest BCUT2D eigenvalue weighted by Crippen LogP contribution is -2.27. The zero-order valence-electron chi connectivity index (χ0n) is 9.97. The van der Waals surface area contributed by atoms with E-state index in [-0.39, 0.29) is 0 Å². The van der Waals surface area contributed by atoms with Crippen molar-refractivity contribution >= 4 is 5.78 Å². The second kappa shape index (κ2) is 2.56. The Morgan fingerprint density at radius 3 is 2.87 bits per heavy atom. The molecule has 0 aromatic rings. The van der Waals surface area contributed by atoms with Crippen LogP contribution in [0.4, 0.5) is 0 Å². The minimum atomic E-state index is 0.296. The van der Waals surface area contributed by atoms with Crippen LogP contribution in [-0.4, -0.2) is 5.78 Å². The first kappa shape index (κ1) is 9.62. The number of allylic oxidation sites excluding steroid dienone is 2. The molecule has 1 nitrogen and oxygen atoms in total. The Morgan fingerprint density at radius 1 is 1.40 bits per heavy atom. The highest BCUT2D eigenvalue weighted by Gasteiger charge is 2.61. The number of ketones is 1. The van der Waals surface area contributed by atoms with Gasteiger partial charge in [-0.3, -0.25) is 4.79 Å². The highest BCUT2D eigenvalue weighted by Crippen LogP contribution is 2.67. The molecule has 1 unspecified atom stereocenters. The average Bonchev–Trinajstić information content (AvgIpc) is 2.59. The van der Waals surface area contributed by atoms with E-state index >= 15 is 0 Å². The van der Waals surface area contributed by atoms with E-state index in [9.17, 15) is 4.79 Å². The lowest BCUT2D eigenvalue weighted by atomic mass is 9.72. The fourth-order valence-electron chi connectivity index (χ4n) is 4.79. The molecular weight excluding hydrogens is 184 g/mol. The summed E-state index contributed by atoms with van der Waals surface area (Å²) in [6.07, 6.45) is 6.94. The van der Waals surface area contributed by atoms with Crippen molar-refractivity contribution in [3.05, 3.63) is 11.6 Å². The molecule has 0 bridgehead atoms. The van der Waals surface area contributed by atoms with Crippen molar-refractivity contribution in [1.29, 1.82) is 0 Å². The number of hydrogen-bond acceptors (Lipinski definition) is 1. The van der Waals surface area contributed by atoms with E-state index in [1.807, 2.05) is 0 Å². The van der Waals surface area contributed by atoms with Crippen molar-refractivity contribution in [3.63, 3.8) is 0 Å². The minimum absolute atomic E-state index is 0.296. The van der Waals surface area contributed by atoms with Gasteiger partial charge < -0.3 is 0 Å². The number of hydrogen-bond donors (Lipinski definition) is 0. The van der Waals surface area contributed by atoms with Crippen LogP contribution in [-0.2, 0) is 4.79 Å². The van der Waals surface area contributed by atoms with Gasteiger partial charge in [0.05, 0.1) is 0 Å². The number of carbonyl (C=O) groups excluding carboxylic acids is 1. The van der Waals surface area contributed by atoms with Gasteiger partial charge >= 0.3 is 0 Å². The summed E-state index contributed by atoms with van der Waals surface area (Å²) >= 11 is 0.